The molecule has 3 aromatic rings. The molecular weight excluding hydrogens is 350 g/mol. The molecule has 0 saturated carbocycles. The quantitative estimate of drug-likeness (QED) is 0.476. The van der Waals surface area contributed by atoms with Crippen molar-refractivity contribution in [2.24, 2.45) is 0 Å². The van der Waals surface area contributed by atoms with Crippen molar-refractivity contribution in [2.75, 3.05) is 11.4 Å². The Morgan fingerprint density at radius 2 is 1.85 bits per heavy atom. The summed E-state index contributed by atoms with van der Waals surface area (Å²) in [5.41, 5.74) is 5.45. The molecule has 2 aliphatic rings. The molecular formula is C24H19NOS. The second-order valence-electron chi connectivity index (χ2n) is 6.95. The number of likely N-dealkylation sites (N-methyl/N-ethyl adjacent to an activating group) is 1. The molecule has 2 nitrogen and oxygen atoms in total. The predicted octanol–water partition coefficient (Wildman–Crippen LogP) is 6.20. The van der Waals surface area contributed by atoms with Crippen LogP contribution < -0.4 is 4.90 Å². The number of hydrogen-bond donors (Lipinski definition) is 0. The van der Waals surface area contributed by atoms with Crippen LogP contribution in [-0.2, 0) is 0 Å². The zero-order valence-corrected chi connectivity index (χ0v) is 16.1. The maximum atomic E-state index is 13.2. The minimum absolute atomic E-state index is 0.134. The van der Waals surface area contributed by atoms with Gasteiger partial charge >= 0.3 is 0 Å². The lowest BCUT2D eigenvalue weighted by atomic mass is 10.0. The Morgan fingerprint density at radius 1 is 1.00 bits per heavy atom. The van der Waals surface area contributed by atoms with Crippen LogP contribution in [0, 0.1) is 6.92 Å². The van der Waals surface area contributed by atoms with E-state index in [9.17, 15) is 4.79 Å². The van der Waals surface area contributed by atoms with Crippen LogP contribution >= 0.6 is 11.8 Å². The van der Waals surface area contributed by atoms with Crippen LogP contribution in [0.3, 0.4) is 0 Å². The number of ketones is 1. The first kappa shape index (κ1) is 16.4. The standard InChI is InChI=1S/C24H19NOS/c1-3-25-20-12-8-15(2)14-17(20)10-13-21(25)24-22(26)19-11-9-16-6-4-5-7-18(16)23(19)27-24/h4-14H,3H2,1-2H3. The number of hydrogen-bond acceptors (Lipinski definition) is 3. The van der Waals surface area contributed by atoms with Crippen LogP contribution in [0.1, 0.15) is 28.4 Å². The van der Waals surface area contributed by atoms with Gasteiger partial charge in [-0.2, -0.15) is 0 Å². The van der Waals surface area contributed by atoms with Crippen molar-refractivity contribution >= 4 is 40.1 Å². The molecule has 3 aromatic carbocycles. The summed E-state index contributed by atoms with van der Waals surface area (Å²) in [6, 6.07) is 18.8. The van der Waals surface area contributed by atoms with Crippen LogP contribution in [0.25, 0.3) is 16.8 Å². The number of aryl methyl sites for hydroxylation is 1. The minimum atomic E-state index is 0.134. The summed E-state index contributed by atoms with van der Waals surface area (Å²) in [5.74, 6) is 0.134. The number of fused-ring (bicyclic) bond motifs is 4. The molecule has 3 heteroatoms. The summed E-state index contributed by atoms with van der Waals surface area (Å²) in [6.45, 7) is 5.07. The first-order valence-corrected chi connectivity index (χ1v) is 10.0. The van der Waals surface area contributed by atoms with Crippen LogP contribution in [0.2, 0.25) is 0 Å². The van der Waals surface area contributed by atoms with Crippen LogP contribution in [-0.4, -0.2) is 12.3 Å². The van der Waals surface area contributed by atoms with Gasteiger partial charge in [0.1, 0.15) is 0 Å². The highest BCUT2D eigenvalue weighted by atomic mass is 32.2. The molecule has 0 unspecified atom stereocenters. The van der Waals surface area contributed by atoms with Crippen LogP contribution in [0.15, 0.2) is 76.2 Å². The smallest absolute Gasteiger partial charge is 0.202 e. The molecule has 0 radical (unpaired) electrons. The van der Waals surface area contributed by atoms with Crippen molar-refractivity contribution in [3.63, 3.8) is 0 Å². The van der Waals surface area contributed by atoms with Gasteiger partial charge in [-0.25, -0.2) is 0 Å². The number of benzene rings is 3. The molecule has 0 atom stereocenters. The third-order valence-electron chi connectivity index (χ3n) is 5.27. The molecule has 5 rings (SSSR count). The van der Waals surface area contributed by atoms with Crippen molar-refractivity contribution in [3.8, 4) is 0 Å². The largest absolute Gasteiger partial charge is 0.340 e. The molecule has 2 heterocycles. The second kappa shape index (κ2) is 6.14. The minimum Gasteiger partial charge on any atom is -0.340 e. The average Bonchev–Trinajstić information content (AvgIpc) is 3.04. The van der Waals surface area contributed by atoms with E-state index in [2.05, 4.69) is 61.2 Å². The van der Waals surface area contributed by atoms with Crippen LogP contribution in [0.4, 0.5) is 5.69 Å². The molecule has 0 N–H and O–H groups in total. The monoisotopic (exact) mass is 369 g/mol. The van der Waals surface area contributed by atoms with E-state index in [-0.39, 0.29) is 5.78 Å². The van der Waals surface area contributed by atoms with Crippen molar-refractivity contribution in [2.45, 2.75) is 18.7 Å². The lowest BCUT2D eigenvalue weighted by Gasteiger charge is -2.30. The van der Waals surface area contributed by atoms with Gasteiger partial charge in [0.15, 0.2) is 0 Å². The number of anilines is 1. The van der Waals surface area contributed by atoms with Gasteiger partial charge < -0.3 is 4.90 Å². The summed E-state index contributed by atoms with van der Waals surface area (Å²) < 4.78 is 0. The Morgan fingerprint density at radius 3 is 2.70 bits per heavy atom. The number of carbonyl (C=O) groups is 1. The molecule has 0 bridgehead atoms. The van der Waals surface area contributed by atoms with Gasteiger partial charge in [0.25, 0.3) is 0 Å². The Labute approximate surface area is 163 Å². The molecule has 0 saturated heterocycles. The number of rotatable bonds is 1. The third-order valence-corrected chi connectivity index (χ3v) is 6.51. The number of allylic oxidation sites excluding steroid dienone is 2. The zero-order valence-electron chi connectivity index (χ0n) is 15.3. The van der Waals surface area contributed by atoms with Gasteiger partial charge in [0.2, 0.25) is 5.78 Å². The summed E-state index contributed by atoms with van der Waals surface area (Å²) in [5, 5.41) is 2.33. The van der Waals surface area contributed by atoms with Gasteiger partial charge in [0.05, 0.1) is 10.6 Å². The SMILES string of the molecule is CCN1C(=C2Sc3c(ccc4ccccc34)C2=O)C=Cc2cc(C)ccc21. The van der Waals surface area contributed by atoms with Crippen molar-refractivity contribution in [3.05, 3.63) is 88.0 Å². The molecule has 0 spiro atoms. The normalized spacial score (nSPS) is 18.1. The third kappa shape index (κ3) is 2.46. The fraction of sp³-hybridized carbons (Fsp3) is 0.125. The van der Waals surface area contributed by atoms with Gasteiger partial charge in [-0.1, -0.05) is 59.8 Å². The fourth-order valence-corrected chi connectivity index (χ4v) is 5.21. The lowest BCUT2D eigenvalue weighted by molar-refractivity contribution is 0.104. The summed E-state index contributed by atoms with van der Waals surface area (Å²) in [7, 11) is 0. The number of thioether (sulfide) groups is 1. The number of nitrogens with zero attached hydrogens (tertiary/aromatic N) is 1. The van der Waals surface area contributed by atoms with E-state index in [0.29, 0.717) is 0 Å². The second-order valence-corrected chi connectivity index (χ2v) is 7.97. The van der Waals surface area contributed by atoms with E-state index in [1.54, 1.807) is 11.8 Å². The predicted molar refractivity (Wildman–Crippen MR) is 114 cm³/mol. The summed E-state index contributed by atoms with van der Waals surface area (Å²) >= 11 is 1.61. The first-order chi connectivity index (χ1) is 13.2. The van der Waals surface area contributed by atoms with Gasteiger partial charge in [0, 0.05) is 22.7 Å². The van der Waals surface area contributed by atoms with Crippen molar-refractivity contribution in [1.82, 2.24) is 0 Å². The van der Waals surface area contributed by atoms with Gasteiger partial charge in [-0.15, -0.1) is 0 Å². The fourth-order valence-electron chi connectivity index (χ4n) is 3.95. The lowest BCUT2D eigenvalue weighted by Crippen LogP contribution is -2.25. The molecule has 2 aliphatic heterocycles. The van der Waals surface area contributed by atoms with Crippen molar-refractivity contribution < 1.29 is 4.79 Å². The van der Waals surface area contributed by atoms with Gasteiger partial charge in [-0.3, -0.25) is 4.79 Å². The van der Waals surface area contributed by atoms with E-state index in [1.165, 1.54) is 22.2 Å². The maximum absolute atomic E-state index is 13.2. The van der Waals surface area contributed by atoms with E-state index in [1.807, 2.05) is 24.3 Å². The molecule has 0 aromatic heterocycles. The molecule has 132 valence electrons. The number of carbonyl (C=O) groups excluding carboxylic acids is 1. The first-order valence-electron chi connectivity index (χ1n) is 9.22. The molecule has 0 amide bonds. The molecule has 27 heavy (non-hydrogen) atoms. The van der Waals surface area contributed by atoms with E-state index in [4.69, 9.17) is 0 Å². The van der Waals surface area contributed by atoms with E-state index >= 15 is 0 Å². The van der Waals surface area contributed by atoms with E-state index in [0.717, 1.165) is 33.0 Å². The topological polar surface area (TPSA) is 20.3 Å². The molecule has 0 fully saturated rings. The molecule has 0 aliphatic carbocycles. The van der Waals surface area contributed by atoms with Crippen molar-refractivity contribution in [1.29, 1.82) is 0 Å². The highest BCUT2D eigenvalue weighted by molar-refractivity contribution is 8.05. The number of Topliss-reactive ketones (excluding diaryl/α,β-unsaturated/α-hetero) is 1. The Hall–Kier alpha value is -2.78. The van der Waals surface area contributed by atoms with Crippen LogP contribution in [0.5, 0.6) is 0 Å². The zero-order chi connectivity index (χ0) is 18.5. The maximum Gasteiger partial charge on any atom is 0.202 e. The highest BCUT2D eigenvalue weighted by Gasteiger charge is 2.32. The average molecular weight is 369 g/mol. The Kier molecular flexibility index (Phi) is 3.73. The van der Waals surface area contributed by atoms with Gasteiger partial charge in [-0.05, 0) is 54.5 Å². The summed E-state index contributed by atoms with van der Waals surface area (Å²) in [4.78, 5) is 17.4. The Bertz CT molecular complexity index is 1170. The summed E-state index contributed by atoms with van der Waals surface area (Å²) in [6.07, 6.45) is 4.23. The Balaban J connectivity index is 1.68. The highest BCUT2D eigenvalue weighted by Crippen LogP contribution is 2.47. The van der Waals surface area contributed by atoms with E-state index < -0.39 is 0 Å².